The number of rotatable bonds is 7. The van der Waals surface area contributed by atoms with E-state index in [0.29, 0.717) is 22.9 Å². The van der Waals surface area contributed by atoms with Gasteiger partial charge < -0.3 is 15.4 Å². The van der Waals surface area contributed by atoms with Crippen molar-refractivity contribution < 1.29 is 9.53 Å². The van der Waals surface area contributed by atoms with Gasteiger partial charge in [0.1, 0.15) is 5.82 Å². The van der Waals surface area contributed by atoms with Gasteiger partial charge in [-0.05, 0) is 36.8 Å². The molecule has 0 saturated carbocycles. The second kappa shape index (κ2) is 8.36. The monoisotopic (exact) mass is 319 g/mol. The molecule has 1 amide bonds. The first-order valence-electron chi connectivity index (χ1n) is 6.95. The molecule has 0 aliphatic heterocycles. The lowest BCUT2D eigenvalue weighted by molar-refractivity contribution is 0.102. The average Bonchev–Trinajstić information content (AvgIpc) is 2.53. The lowest BCUT2D eigenvalue weighted by Crippen LogP contribution is -2.12. The van der Waals surface area contributed by atoms with Crippen LogP contribution in [0.15, 0.2) is 42.6 Å². The van der Waals surface area contributed by atoms with E-state index in [-0.39, 0.29) is 5.91 Å². The summed E-state index contributed by atoms with van der Waals surface area (Å²) < 4.78 is 4.98. The second-order valence-corrected chi connectivity index (χ2v) is 5.11. The van der Waals surface area contributed by atoms with Crippen LogP contribution in [0.3, 0.4) is 0 Å². The van der Waals surface area contributed by atoms with Crippen molar-refractivity contribution >= 4 is 29.0 Å². The van der Waals surface area contributed by atoms with Gasteiger partial charge in [-0.2, -0.15) is 0 Å². The second-order valence-electron chi connectivity index (χ2n) is 4.67. The summed E-state index contributed by atoms with van der Waals surface area (Å²) in [6.07, 6.45) is 2.52. The fourth-order valence-corrected chi connectivity index (χ4v) is 2.03. The number of hydrogen-bond donors (Lipinski definition) is 2. The number of benzene rings is 1. The van der Waals surface area contributed by atoms with Gasteiger partial charge in [-0.3, -0.25) is 4.79 Å². The normalized spacial score (nSPS) is 10.3. The molecule has 6 heteroatoms. The Morgan fingerprint density at radius 2 is 2.18 bits per heavy atom. The van der Waals surface area contributed by atoms with Crippen molar-refractivity contribution in [1.82, 2.24) is 4.98 Å². The minimum Gasteiger partial charge on any atom is -0.385 e. The van der Waals surface area contributed by atoms with E-state index in [1.165, 1.54) is 0 Å². The number of halogens is 1. The standard InChI is InChI=1S/C16H18ClN3O2/c1-22-9-3-8-18-15-7-6-14(11-19-15)20-16(21)12-4-2-5-13(17)10-12/h2,4-7,10-11H,3,8-9H2,1H3,(H,18,19)(H,20,21). The van der Waals surface area contributed by atoms with Gasteiger partial charge in [0.25, 0.3) is 5.91 Å². The van der Waals surface area contributed by atoms with Crippen LogP contribution in [-0.2, 0) is 4.74 Å². The van der Waals surface area contributed by atoms with Crippen molar-refractivity contribution in [2.75, 3.05) is 30.9 Å². The van der Waals surface area contributed by atoms with Crippen LogP contribution < -0.4 is 10.6 Å². The van der Waals surface area contributed by atoms with Crippen LogP contribution in [0.25, 0.3) is 0 Å². The molecule has 116 valence electrons. The number of aromatic nitrogens is 1. The molecule has 0 radical (unpaired) electrons. The van der Waals surface area contributed by atoms with E-state index in [1.807, 2.05) is 6.07 Å². The summed E-state index contributed by atoms with van der Waals surface area (Å²) in [7, 11) is 1.68. The van der Waals surface area contributed by atoms with Crippen molar-refractivity contribution in [1.29, 1.82) is 0 Å². The topological polar surface area (TPSA) is 63.2 Å². The van der Waals surface area contributed by atoms with E-state index in [0.717, 1.165) is 18.8 Å². The lowest BCUT2D eigenvalue weighted by atomic mass is 10.2. The molecule has 22 heavy (non-hydrogen) atoms. The van der Waals surface area contributed by atoms with Crippen molar-refractivity contribution in [2.45, 2.75) is 6.42 Å². The van der Waals surface area contributed by atoms with Gasteiger partial charge in [-0.25, -0.2) is 4.98 Å². The zero-order chi connectivity index (χ0) is 15.8. The van der Waals surface area contributed by atoms with Crippen molar-refractivity contribution in [3.05, 3.63) is 53.2 Å². The van der Waals surface area contributed by atoms with Gasteiger partial charge in [-0.15, -0.1) is 0 Å². The summed E-state index contributed by atoms with van der Waals surface area (Å²) in [6.45, 7) is 1.50. The Kier molecular flexibility index (Phi) is 6.18. The summed E-state index contributed by atoms with van der Waals surface area (Å²) in [5.74, 6) is 0.543. The SMILES string of the molecule is COCCCNc1ccc(NC(=O)c2cccc(Cl)c2)cn1. The van der Waals surface area contributed by atoms with Crippen molar-refractivity contribution in [3.8, 4) is 0 Å². The number of anilines is 2. The third kappa shape index (κ3) is 5.02. The van der Waals surface area contributed by atoms with Crippen LogP contribution in [0.4, 0.5) is 11.5 Å². The Morgan fingerprint density at radius 3 is 2.86 bits per heavy atom. The highest BCUT2D eigenvalue weighted by atomic mass is 35.5. The predicted molar refractivity (Wildman–Crippen MR) is 88.6 cm³/mol. The number of pyridine rings is 1. The van der Waals surface area contributed by atoms with Gasteiger partial charge >= 0.3 is 0 Å². The van der Waals surface area contributed by atoms with Crippen LogP contribution in [0, 0.1) is 0 Å². The molecule has 0 aliphatic rings. The van der Waals surface area contributed by atoms with E-state index < -0.39 is 0 Å². The highest BCUT2D eigenvalue weighted by Gasteiger charge is 2.06. The van der Waals surface area contributed by atoms with Gasteiger partial charge in [0.05, 0.1) is 11.9 Å². The number of amides is 1. The first-order valence-corrected chi connectivity index (χ1v) is 7.32. The van der Waals surface area contributed by atoms with E-state index in [2.05, 4.69) is 15.6 Å². The molecule has 5 nitrogen and oxygen atoms in total. The van der Waals surface area contributed by atoms with Crippen LogP contribution >= 0.6 is 11.6 Å². The minimum atomic E-state index is -0.217. The lowest BCUT2D eigenvalue weighted by Gasteiger charge is -2.08. The van der Waals surface area contributed by atoms with Crippen molar-refractivity contribution in [3.63, 3.8) is 0 Å². The van der Waals surface area contributed by atoms with Crippen LogP contribution in [0.2, 0.25) is 5.02 Å². The highest BCUT2D eigenvalue weighted by molar-refractivity contribution is 6.31. The largest absolute Gasteiger partial charge is 0.385 e. The molecule has 0 atom stereocenters. The third-order valence-corrected chi connectivity index (χ3v) is 3.17. The number of methoxy groups -OCH3 is 1. The fraction of sp³-hybridized carbons (Fsp3) is 0.250. The maximum atomic E-state index is 12.1. The number of carbonyl (C=O) groups is 1. The molecule has 2 N–H and O–H groups in total. The molecule has 0 spiro atoms. The van der Waals surface area contributed by atoms with Crippen LogP contribution in [-0.4, -0.2) is 31.2 Å². The summed E-state index contributed by atoms with van der Waals surface area (Å²) in [4.78, 5) is 16.3. The molecule has 1 aromatic carbocycles. The van der Waals surface area contributed by atoms with Gasteiger partial charge in [0, 0.05) is 30.8 Å². The van der Waals surface area contributed by atoms with E-state index in [9.17, 15) is 4.79 Å². The molecule has 2 rings (SSSR count). The molecule has 1 heterocycles. The fourth-order valence-electron chi connectivity index (χ4n) is 1.84. The van der Waals surface area contributed by atoms with E-state index >= 15 is 0 Å². The number of ether oxygens (including phenoxy) is 1. The summed E-state index contributed by atoms with van der Waals surface area (Å²) >= 11 is 5.87. The smallest absolute Gasteiger partial charge is 0.255 e. The molecule has 1 aromatic heterocycles. The van der Waals surface area contributed by atoms with Gasteiger partial charge in [-0.1, -0.05) is 17.7 Å². The van der Waals surface area contributed by atoms with Crippen LogP contribution in [0.5, 0.6) is 0 Å². The summed E-state index contributed by atoms with van der Waals surface area (Å²) in [5, 5.41) is 6.49. The Labute approximate surface area is 134 Å². The Hall–Kier alpha value is -2.11. The van der Waals surface area contributed by atoms with Gasteiger partial charge in [0.15, 0.2) is 0 Å². The molecule has 0 aliphatic carbocycles. The molecule has 2 aromatic rings. The first kappa shape index (κ1) is 16.3. The number of carbonyl (C=O) groups excluding carboxylic acids is 1. The molecular formula is C16H18ClN3O2. The maximum Gasteiger partial charge on any atom is 0.255 e. The zero-order valence-electron chi connectivity index (χ0n) is 12.3. The minimum absolute atomic E-state index is 0.217. The molecule has 0 fully saturated rings. The quantitative estimate of drug-likeness (QED) is 0.767. The number of nitrogens with zero attached hydrogens (tertiary/aromatic N) is 1. The van der Waals surface area contributed by atoms with Crippen LogP contribution in [0.1, 0.15) is 16.8 Å². The summed E-state index contributed by atoms with van der Waals surface area (Å²) in [6, 6.07) is 10.4. The maximum absolute atomic E-state index is 12.1. The molecule has 0 bridgehead atoms. The van der Waals surface area contributed by atoms with Gasteiger partial charge in [0.2, 0.25) is 0 Å². The molecule has 0 unspecified atom stereocenters. The highest BCUT2D eigenvalue weighted by Crippen LogP contribution is 2.14. The summed E-state index contributed by atoms with van der Waals surface area (Å²) in [5.41, 5.74) is 1.14. The Balaban J connectivity index is 1.89. The third-order valence-electron chi connectivity index (χ3n) is 2.94. The number of nitrogens with one attached hydrogen (secondary N) is 2. The zero-order valence-corrected chi connectivity index (χ0v) is 13.1. The first-order chi connectivity index (χ1) is 10.7. The molecule has 0 saturated heterocycles. The number of hydrogen-bond acceptors (Lipinski definition) is 4. The Morgan fingerprint density at radius 1 is 1.32 bits per heavy atom. The van der Waals surface area contributed by atoms with E-state index in [4.69, 9.17) is 16.3 Å². The average molecular weight is 320 g/mol. The van der Waals surface area contributed by atoms with Crippen molar-refractivity contribution in [2.24, 2.45) is 0 Å². The molecular weight excluding hydrogens is 302 g/mol. The Bertz CT molecular complexity index is 617. The van der Waals surface area contributed by atoms with E-state index in [1.54, 1.807) is 43.6 Å². The predicted octanol–water partition coefficient (Wildman–Crippen LogP) is 3.44.